The second kappa shape index (κ2) is 72.8. The van der Waals surface area contributed by atoms with Crippen LogP contribution in [0.5, 0.6) is 0 Å². The smallest absolute Gasteiger partial charge is 0.462 e. The van der Waals surface area contributed by atoms with Crippen LogP contribution in [0.15, 0.2) is 122 Å². The van der Waals surface area contributed by atoms with Gasteiger partial charge in [0.1, 0.15) is 19.3 Å². The molecular weight excluding hydrogens is 1310 g/mol. The lowest BCUT2D eigenvalue weighted by Gasteiger charge is -2.21. The normalized spacial score (nSPS) is 14.6. The fraction of sp³-hybridized carbons (Fsp3) is 0.704. The number of ether oxygens (including phenoxy) is 4. The third kappa shape index (κ3) is 71.8. The number of carbonyl (C=O) groups excluding carboxylic acids is 4. The largest absolute Gasteiger partial charge is 0.472 e. The van der Waals surface area contributed by atoms with E-state index in [2.05, 4.69) is 137 Å². The van der Waals surface area contributed by atoms with Gasteiger partial charge in [0.05, 0.1) is 26.4 Å². The lowest BCUT2D eigenvalue weighted by molar-refractivity contribution is -0.161. The first-order valence-corrected chi connectivity index (χ1v) is 41.8. The molecule has 100 heavy (non-hydrogen) atoms. The van der Waals surface area contributed by atoms with Gasteiger partial charge in [-0.2, -0.15) is 0 Å². The van der Waals surface area contributed by atoms with Gasteiger partial charge in [0, 0.05) is 25.7 Å². The maximum Gasteiger partial charge on any atom is 0.472 e. The number of phosphoric ester groups is 2. The summed E-state index contributed by atoms with van der Waals surface area (Å²) in [7, 11) is -9.97. The number of rotatable bonds is 72. The molecule has 574 valence electrons. The Morgan fingerprint density at radius 3 is 0.900 bits per heavy atom. The van der Waals surface area contributed by atoms with Crippen LogP contribution in [-0.2, 0) is 65.4 Å². The fourth-order valence-electron chi connectivity index (χ4n) is 10.0. The highest BCUT2D eigenvalue weighted by Gasteiger charge is 2.30. The minimum absolute atomic E-state index is 0.0114. The molecule has 0 fully saturated rings. The topological polar surface area (TPSA) is 237 Å². The molecule has 0 aromatic carbocycles. The maximum atomic E-state index is 13.1. The summed E-state index contributed by atoms with van der Waals surface area (Å²) in [5.41, 5.74) is 0. The Morgan fingerprint density at radius 2 is 0.550 bits per heavy atom. The van der Waals surface area contributed by atoms with Gasteiger partial charge in [0.25, 0.3) is 0 Å². The van der Waals surface area contributed by atoms with E-state index in [1.165, 1.54) is 57.8 Å². The molecule has 0 aliphatic rings. The van der Waals surface area contributed by atoms with E-state index in [0.717, 1.165) is 167 Å². The number of aliphatic hydroxyl groups excluding tert-OH is 1. The Kier molecular flexibility index (Phi) is 69.5. The quantitative estimate of drug-likeness (QED) is 0.0169. The van der Waals surface area contributed by atoms with E-state index >= 15 is 0 Å². The molecule has 17 nitrogen and oxygen atoms in total. The Bertz CT molecular complexity index is 2370. The van der Waals surface area contributed by atoms with Gasteiger partial charge in [0.2, 0.25) is 0 Å². The number of hydrogen-bond acceptors (Lipinski definition) is 15. The maximum absolute atomic E-state index is 13.1. The minimum atomic E-state index is -5.00. The van der Waals surface area contributed by atoms with Crippen molar-refractivity contribution in [2.24, 2.45) is 0 Å². The number of unbranched alkanes of at least 4 members (excludes halogenated alkanes) is 26. The van der Waals surface area contributed by atoms with Crippen molar-refractivity contribution >= 4 is 39.5 Å². The molecule has 0 amide bonds. The summed E-state index contributed by atoms with van der Waals surface area (Å²) in [5, 5.41) is 10.6. The summed E-state index contributed by atoms with van der Waals surface area (Å²) in [4.78, 5) is 72.8. The van der Waals surface area contributed by atoms with Gasteiger partial charge in [-0.05, 0) is 128 Å². The van der Waals surface area contributed by atoms with Crippen LogP contribution in [0.1, 0.15) is 310 Å². The van der Waals surface area contributed by atoms with Crippen molar-refractivity contribution in [1.29, 1.82) is 0 Å². The molecule has 0 heterocycles. The van der Waals surface area contributed by atoms with Gasteiger partial charge in [-0.1, -0.05) is 278 Å². The standard InChI is InChI=1S/C81H138O17P2/c1-5-9-13-17-21-25-29-32-34-36-37-39-40-43-47-50-54-58-62-66-79(84)92-72-77(98-81(86)68-64-60-56-52-48-44-41-38-35-33-30-26-22-18-14-10-6-2)74-96-100(89,90)94-70-75(82)69-93-99(87,88)95-73-76(97-80(85)67-63-59-55-51-45-28-24-20-16-12-8-4)71-91-78(83)65-61-57-53-49-46-42-31-27-23-19-15-11-7-3/h10,14-15,19,21-22,25-27,31-35,37,39,41,44,52,56,75-77,82H,5-9,11-13,16-18,20,23-24,28-30,36,38,40,42-43,45-51,53-55,57-74H2,1-4H3,(H,87,88)(H,89,90)/b14-10-,19-15-,25-21-,26-22-,31-27-,34-32-,35-33-,39-37-,44-41-,56-52-. The van der Waals surface area contributed by atoms with Crippen molar-refractivity contribution in [2.45, 2.75) is 329 Å². The predicted octanol–water partition coefficient (Wildman–Crippen LogP) is 22.3. The highest BCUT2D eigenvalue weighted by atomic mass is 31.2. The van der Waals surface area contributed by atoms with Crippen LogP contribution in [0.25, 0.3) is 0 Å². The van der Waals surface area contributed by atoms with Gasteiger partial charge in [-0.15, -0.1) is 0 Å². The molecule has 5 atom stereocenters. The third-order valence-corrected chi connectivity index (χ3v) is 17.8. The summed E-state index contributed by atoms with van der Waals surface area (Å²) in [6, 6.07) is 0. The SMILES string of the molecule is CC/C=C\C/C=C\C/C=C\C/C=C\C/C=C\CCCC(=O)OC(COC(=O)CCCCCCCC/C=C\C/C=C\C/C=C\CCCCC)COP(=O)(O)OCC(O)COP(=O)(O)OCC(COC(=O)CCCCCCC/C=C\C/C=C\CCC)OC(=O)CCCCCCCCCCCCC. The lowest BCUT2D eigenvalue weighted by atomic mass is 10.1. The molecule has 0 aliphatic heterocycles. The molecule has 0 saturated carbocycles. The van der Waals surface area contributed by atoms with E-state index in [-0.39, 0.29) is 25.7 Å². The second-order valence-corrected chi connectivity index (χ2v) is 28.5. The molecule has 0 radical (unpaired) electrons. The Hall–Kier alpha value is -4.54. The average molecular weight is 1450 g/mol. The molecule has 0 aliphatic carbocycles. The molecule has 0 bridgehead atoms. The summed E-state index contributed by atoms with van der Waals surface area (Å²) >= 11 is 0. The molecule has 0 aromatic rings. The van der Waals surface area contributed by atoms with Crippen LogP contribution in [-0.4, -0.2) is 96.7 Å². The highest BCUT2D eigenvalue weighted by molar-refractivity contribution is 7.47. The van der Waals surface area contributed by atoms with Gasteiger partial charge in [0.15, 0.2) is 12.2 Å². The van der Waals surface area contributed by atoms with Crippen molar-refractivity contribution in [3.8, 4) is 0 Å². The number of aliphatic hydroxyl groups is 1. The molecule has 3 N–H and O–H groups in total. The Morgan fingerprint density at radius 1 is 0.290 bits per heavy atom. The van der Waals surface area contributed by atoms with Gasteiger partial charge in [-0.3, -0.25) is 37.3 Å². The van der Waals surface area contributed by atoms with Crippen molar-refractivity contribution in [1.82, 2.24) is 0 Å². The summed E-state index contributed by atoms with van der Waals surface area (Å²) in [6.45, 7) is 4.57. The first-order chi connectivity index (χ1) is 48.7. The van der Waals surface area contributed by atoms with E-state index in [1.54, 1.807) is 0 Å². The van der Waals surface area contributed by atoms with Crippen LogP contribution in [0, 0.1) is 0 Å². The molecule has 19 heteroatoms. The number of esters is 4. The molecule has 0 rings (SSSR count). The average Bonchev–Trinajstić information content (AvgIpc) is 1.05. The zero-order valence-corrected chi connectivity index (χ0v) is 64.4. The predicted molar refractivity (Wildman–Crippen MR) is 408 cm³/mol. The van der Waals surface area contributed by atoms with Crippen LogP contribution in [0.3, 0.4) is 0 Å². The number of phosphoric acid groups is 2. The van der Waals surface area contributed by atoms with Crippen molar-refractivity contribution in [2.75, 3.05) is 39.6 Å². The summed E-state index contributed by atoms with van der Waals surface area (Å²) in [6.07, 6.45) is 79.1. The van der Waals surface area contributed by atoms with Crippen molar-refractivity contribution < 1.29 is 80.2 Å². The van der Waals surface area contributed by atoms with E-state index in [4.69, 9.17) is 37.0 Å². The van der Waals surface area contributed by atoms with E-state index in [9.17, 15) is 43.2 Å². The first kappa shape index (κ1) is 95.5. The lowest BCUT2D eigenvalue weighted by Crippen LogP contribution is -2.30. The van der Waals surface area contributed by atoms with Crippen molar-refractivity contribution in [3.63, 3.8) is 0 Å². The van der Waals surface area contributed by atoms with Gasteiger partial charge in [-0.25, -0.2) is 9.13 Å². The van der Waals surface area contributed by atoms with E-state index < -0.39 is 97.5 Å². The van der Waals surface area contributed by atoms with E-state index in [1.807, 2.05) is 12.2 Å². The first-order valence-electron chi connectivity index (χ1n) is 38.8. The molecule has 0 spiro atoms. The van der Waals surface area contributed by atoms with Crippen LogP contribution in [0.4, 0.5) is 0 Å². The van der Waals surface area contributed by atoms with Crippen molar-refractivity contribution in [3.05, 3.63) is 122 Å². The van der Waals surface area contributed by atoms with Gasteiger partial charge >= 0.3 is 39.5 Å². The van der Waals surface area contributed by atoms with Gasteiger partial charge < -0.3 is 33.8 Å². The van der Waals surface area contributed by atoms with E-state index in [0.29, 0.717) is 32.1 Å². The Balaban J connectivity index is 5.40. The molecule has 0 aromatic heterocycles. The third-order valence-electron chi connectivity index (χ3n) is 15.9. The molecule has 5 unspecified atom stereocenters. The number of hydrogen-bond donors (Lipinski definition) is 3. The highest BCUT2D eigenvalue weighted by Crippen LogP contribution is 2.45. The number of allylic oxidation sites excluding steroid dienone is 20. The zero-order valence-electron chi connectivity index (χ0n) is 62.6. The van der Waals surface area contributed by atoms with Crippen LogP contribution >= 0.6 is 15.6 Å². The summed E-state index contributed by atoms with van der Waals surface area (Å²) < 4.78 is 68.4. The molecular formula is C81H138O17P2. The Labute approximate surface area is 606 Å². The zero-order chi connectivity index (χ0) is 73.2. The monoisotopic (exact) mass is 1440 g/mol. The minimum Gasteiger partial charge on any atom is -0.462 e. The number of carbonyl (C=O) groups is 4. The van der Waals surface area contributed by atoms with Crippen LogP contribution in [0.2, 0.25) is 0 Å². The van der Waals surface area contributed by atoms with Crippen LogP contribution < -0.4 is 0 Å². The second-order valence-electron chi connectivity index (χ2n) is 25.6. The summed E-state index contributed by atoms with van der Waals surface area (Å²) in [5.74, 6) is -2.27. The fourth-order valence-corrected chi connectivity index (χ4v) is 11.6. The molecule has 0 saturated heterocycles.